The number of allylic oxidation sites excluding steroid dienone is 10. The van der Waals surface area contributed by atoms with Gasteiger partial charge in [-0.05, 0) is 70.6 Å². The van der Waals surface area contributed by atoms with Gasteiger partial charge in [-0.15, -0.1) is 0 Å². The summed E-state index contributed by atoms with van der Waals surface area (Å²) in [5, 5.41) is 9.63. The summed E-state index contributed by atoms with van der Waals surface area (Å²) >= 11 is 0. The highest BCUT2D eigenvalue weighted by Crippen LogP contribution is 2.14. The molecule has 2 unspecified atom stereocenters. The van der Waals surface area contributed by atoms with Crippen molar-refractivity contribution in [3.8, 4) is 0 Å². The molecule has 0 aromatic heterocycles. The van der Waals surface area contributed by atoms with Crippen LogP contribution in [-0.4, -0.2) is 80.6 Å². The van der Waals surface area contributed by atoms with E-state index >= 15 is 0 Å². The molecule has 0 aliphatic rings. The first-order valence-electron chi connectivity index (χ1n) is 23.3. The van der Waals surface area contributed by atoms with Crippen molar-refractivity contribution >= 4 is 17.9 Å². The zero-order valence-corrected chi connectivity index (χ0v) is 38.0. The summed E-state index contributed by atoms with van der Waals surface area (Å²) in [5.41, 5.74) is 0. The lowest BCUT2D eigenvalue weighted by atomic mass is 10.1. The van der Waals surface area contributed by atoms with Gasteiger partial charge in [0.15, 0.2) is 12.1 Å². The van der Waals surface area contributed by atoms with Crippen LogP contribution in [0.25, 0.3) is 0 Å². The maximum atomic E-state index is 12.7. The Morgan fingerprint density at radius 1 is 0.552 bits per heavy atom. The number of nitrogens with zero attached hydrogens (tertiary/aromatic N) is 1. The van der Waals surface area contributed by atoms with Crippen LogP contribution in [0.4, 0.5) is 0 Å². The van der Waals surface area contributed by atoms with E-state index in [2.05, 4.69) is 74.6 Å². The molecule has 0 radical (unpaired) electrons. The zero-order chi connectivity index (χ0) is 42.8. The quantitative estimate of drug-likeness (QED) is 0.0216. The first kappa shape index (κ1) is 55.0. The molecule has 0 aliphatic carbocycles. The monoisotopic (exact) mass is 815 g/mol. The Labute approximate surface area is 356 Å². The average Bonchev–Trinajstić information content (AvgIpc) is 3.18. The van der Waals surface area contributed by atoms with Gasteiger partial charge >= 0.3 is 17.9 Å². The lowest BCUT2D eigenvalue weighted by molar-refractivity contribution is -0.887. The summed E-state index contributed by atoms with van der Waals surface area (Å²) in [6.45, 7) is 4.58. The molecule has 0 heterocycles. The largest absolute Gasteiger partial charge is 0.477 e. The topological polar surface area (TPSA) is 99.1 Å². The Morgan fingerprint density at radius 2 is 1.02 bits per heavy atom. The highest BCUT2D eigenvalue weighted by molar-refractivity contribution is 5.72. The summed E-state index contributed by atoms with van der Waals surface area (Å²) in [7, 11) is 5.52. The van der Waals surface area contributed by atoms with Gasteiger partial charge in [0.05, 0.1) is 34.4 Å². The number of aliphatic carboxylic acids is 1. The van der Waals surface area contributed by atoms with E-state index < -0.39 is 18.1 Å². The number of likely N-dealkylation sites (N-methyl/N-ethyl adjacent to an activating group) is 1. The molecule has 0 amide bonds. The summed E-state index contributed by atoms with van der Waals surface area (Å²) < 4.78 is 17.3. The van der Waals surface area contributed by atoms with Gasteiger partial charge in [-0.25, -0.2) is 4.79 Å². The second-order valence-corrected chi connectivity index (χ2v) is 16.7. The van der Waals surface area contributed by atoms with Crippen molar-refractivity contribution in [1.82, 2.24) is 0 Å². The van der Waals surface area contributed by atoms with Crippen molar-refractivity contribution in [3.63, 3.8) is 0 Å². The number of rotatable bonds is 41. The smallest absolute Gasteiger partial charge is 0.362 e. The van der Waals surface area contributed by atoms with Crippen molar-refractivity contribution in [2.45, 2.75) is 199 Å². The van der Waals surface area contributed by atoms with E-state index in [-0.39, 0.29) is 36.2 Å². The average molecular weight is 815 g/mol. The van der Waals surface area contributed by atoms with E-state index in [1.165, 1.54) is 70.6 Å². The molecular formula is C50H88NO7+. The fourth-order valence-electron chi connectivity index (χ4n) is 6.57. The number of esters is 2. The van der Waals surface area contributed by atoms with Crippen LogP contribution in [0.3, 0.4) is 0 Å². The number of hydrogen-bond donors (Lipinski definition) is 1. The Hall–Kier alpha value is -2.97. The Kier molecular flexibility index (Phi) is 38.7. The Bertz CT molecular complexity index is 1130. The predicted octanol–water partition coefficient (Wildman–Crippen LogP) is 13.0. The molecule has 0 aromatic rings. The highest BCUT2D eigenvalue weighted by atomic mass is 16.6. The van der Waals surface area contributed by atoms with Crippen LogP contribution in [0.2, 0.25) is 0 Å². The fraction of sp³-hybridized carbons (Fsp3) is 0.740. The van der Waals surface area contributed by atoms with Gasteiger partial charge in [-0.2, -0.15) is 0 Å². The number of carbonyl (C=O) groups excluding carboxylic acids is 2. The lowest BCUT2D eigenvalue weighted by Gasteiger charge is -2.31. The summed E-state index contributed by atoms with van der Waals surface area (Å²) in [5.74, 6) is -1.49. The van der Waals surface area contributed by atoms with E-state index in [0.717, 1.165) is 83.5 Å². The Morgan fingerprint density at radius 3 is 1.53 bits per heavy atom. The summed E-state index contributed by atoms with van der Waals surface area (Å²) in [6.07, 6.45) is 49.7. The second-order valence-electron chi connectivity index (χ2n) is 16.7. The van der Waals surface area contributed by atoms with E-state index in [1.807, 2.05) is 21.1 Å². The minimum atomic E-state index is -0.879. The van der Waals surface area contributed by atoms with Gasteiger partial charge in [-0.3, -0.25) is 9.59 Å². The molecule has 0 rings (SSSR count). The molecule has 2 atom stereocenters. The molecular weight excluding hydrogens is 727 g/mol. The molecule has 0 saturated heterocycles. The van der Waals surface area contributed by atoms with Crippen molar-refractivity contribution in [2.75, 3.05) is 41.0 Å². The first-order chi connectivity index (χ1) is 28.1. The van der Waals surface area contributed by atoms with Crippen LogP contribution in [0.5, 0.6) is 0 Å². The van der Waals surface area contributed by atoms with Crippen LogP contribution in [0, 0.1) is 0 Å². The van der Waals surface area contributed by atoms with Crippen molar-refractivity contribution in [3.05, 3.63) is 60.8 Å². The predicted molar refractivity (Wildman–Crippen MR) is 243 cm³/mol. The number of quaternary nitrogens is 1. The maximum Gasteiger partial charge on any atom is 0.362 e. The maximum absolute atomic E-state index is 12.7. The molecule has 334 valence electrons. The molecule has 1 N–H and O–H groups in total. The van der Waals surface area contributed by atoms with Crippen molar-refractivity contribution in [2.24, 2.45) is 0 Å². The molecule has 0 saturated carbocycles. The van der Waals surface area contributed by atoms with E-state index in [1.54, 1.807) is 0 Å². The van der Waals surface area contributed by atoms with Crippen LogP contribution in [0.15, 0.2) is 60.8 Å². The Balaban J connectivity index is 4.32. The highest BCUT2D eigenvalue weighted by Gasteiger charge is 2.31. The third-order valence-corrected chi connectivity index (χ3v) is 10.2. The van der Waals surface area contributed by atoms with Crippen LogP contribution < -0.4 is 0 Å². The normalized spacial score (nSPS) is 13.5. The van der Waals surface area contributed by atoms with Crippen LogP contribution in [0.1, 0.15) is 187 Å². The molecule has 8 nitrogen and oxygen atoms in total. The minimum absolute atomic E-state index is 0.0529. The minimum Gasteiger partial charge on any atom is -0.477 e. The van der Waals surface area contributed by atoms with E-state index in [0.29, 0.717) is 19.3 Å². The molecule has 0 spiro atoms. The number of unbranched alkanes of at least 4 members (excludes halogenated alkanes) is 18. The van der Waals surface area contributed by atoms with Crippen LogP contribution in [-0.2, 0) is 28.6 Å². The number of ether oxygens (including phenoxy) is 3. The fourth-order valence-corrected chi connectivity index (χ4v) is 6.57. The van der Waals surface area contributed by atoms with E-state index in [9.17, 15) is 19.5 Å². The number of carboxylic acid groups (broad SMARTS) is 1. The second kappa shape index (κ2) is 40.8. The SMILES string of the molecule is CC/C=C/C/C=C/C/C=C/CCCCCCCCCCCC(=O)OCC(COCCC(C(=O)O)[N+](C)(C)C)OC(=O)CCCCCCCC/C=C/C=C/CCCCC. The van der Waals surface area contributed by atoms with E-state index in [4.69, 9.17) is 14.2 Å². The number of carbonyl (C=O) groups is 3. The third kappa shape index (κ3) is 38.5. The van der Waals surface area contributed by atoms with Gasteiger partial charge in [0.2, 0.25) is 0 Å². The van der Waals surface area contributed by atoms with Crippen LogP contribution >= 0.6 is 0 Å². The molecule has 0 aliphatic heterocycles. The number of hydrogen-bond acceptors (Lipinski definition) is 6. The van der Waals surface area contributed by atoms with Gasteiger partial charge in [0.25, 0.3) is 0 Å². The van der Waals surface area contributed by atoms with Crippen molar-refractivity contribution in [1.29, 1.82) is 0 Å². The van der Waals surface area contributed by atoms with Gasteiger partial charge in [0, 0.05) is 19.3 Å². The molecule has 58 heavy (non-hydrogen) atoms. The lowest BCUT2D eigenvalue weighted by Crippen LogP contribution is -2.50. The summed E-state index contributed by atoms with van der Waals surface area (Å²) in [4.78, 5) is 37.0. The third-order valence-electron chi connectivity index (χ3n) is 10.2. The van der Waals surface area contributed by atoms with Gasteiger partial charge in [0.1, 0.15) is 6.61 Å². The molecule has 0 aromatic carbocycles. The van der Waals surface area contributed by atoms with Gasteiger partial charge in [-0.1, -0.05) is 158 Å². The molecule has 0 fully saturated rings. The standard InChI is InChI=1S/C50H87NO7/c1-6-8-10-12-14-16-18-20-22-23-24-25-27-28-30-32-34-36-38-40-48(52)57-45-46(44-56-43-42-47(50(54)55)51(3,4)5)58-49(53)41-39-37-35-33-31-29-26-21-19-17-15-13-11-9-7-2/h8,10,14-17,19-22,46-47H,6-7,9,11-13,18,23-45H2,1-5H3/p+1/b10-8+,16-14+,17-15+,21-19+,22-20+. The zero-order valence-electron chi connectivity index (χ0n) is 38.0. The molecule has 0 bridgehead atoms. The first-order valence-corrected chi connectivity index (χ1v) is 23.3. The van der Waals surface area contributed by atoms with Gasteiger partial charge < -0.3 is 23.8 Å². The number of carboxylic acids is 1. The molecule has 8 heteroatoms. The van der Waals surface area contributed by atoms with Crippen molar-refractivity contribution < 1.29 is 38.2 Å². The summed E-state index contributed by atoms with van der Waals surface area (Å²) in [6, 6.07) is -0.619.